The zero-order valence-corrected chi connectivity index (χ0v) is 8.60. The Morgan fingerprint density at radius 3 is 2.42 bits per heavy atom. The van der Waals surface area contributed by atoms with Crippen molar-refractivity contribution in [3.8, 4) is 0 Å². The molecule has 0 nitrogen and oxygen atoms in total. The summed E-state index contributed by atoms with van der Waals surface area (Å²) in [5, 5.41) is 0. The Morgan fingerprint density at radius 1 is 1.17 bits per heavy atom. The molecule has 0 spiro atoms. The zero-order chi connectivity index (χ0) is 9.23. The van der Waals surface area contributed by atoms with Gasteiger partial charge in [-0.05, 0) is 19.8 Å². The third-order valence-electron chi connectivity index (χ3n) is 2.08. The number of allylic oxidation sites excluding steroid dienone is 3. The van der Waals surface area contributed by atoms with Gasteiger partial charge in [0, 0.05) is 0 Å². The average molecular weight is 166 g/mol. The Bertz CT molecular complexity index is 131. The summed E-state index contributed by atoms with van der Waals surface area (Å²) in [6.07, 6.45) is 12.1. The fraction of sp³-hybridized carbons (Fsp3) is 0.667. The van der Waals surface area contributed by atoms with E-state index in [1.807, 2.05) is 6.08 Å². The van der Waals surface area contributed by atoms with E-state index in [-0.39, 0.29) is 0 Å². The quantitative estimate of drug-likeness (QED) is 0.386. The smallest absolute Gasteiger partial charge is 0.0320 e. The van der Waals surface area contributed by atoms with Crippen LogP contribution in [0.1, 0.15) is 52.4 Å². The summed E-state index contributed by atoms with van der Waals surface area (Å²) >= 11 is 0. The van der Waals surface area contributed by atoms with Gasteiger partial charge < -0.3 is 0 Å². The third-order valence-corrected chi connectivity index (χ3v) is 2.08. The standard InChI is InChI=1S/C12H22/c1-4-6-7-8-9-11-12(3)10-5-2/h5,10H,2,4,6-9,11H2,1,3H3. The van der Waals surface area contributed by atoms with Crippen molar-refractivity contribution in [2.24, 2.45) is 0 Å². The average Bonchev–Trinajstić information content (AvgIpc) is 2.05. The molecule has 0 aromatic rings. The van der Waals surface area contributed by atoms with Crippen molar-refractivity contribution < 1.29 is 0 Å². The third kappa shape index (κ3) is 7.59. The molecule has 0 fully saturated rings. The van der Waals surface area contributed by atoms with E-state index in [0.29, 0.717) is 0 Å². The second-order valence-electron chi connectivity index (χ2n) is 3.41. The highest BCUT2D eigenvalue weighted by Crippen LogP contribution is 2.10. The number of unbranched alkanes of at least 4 members (excludes halogenated alkanes) is 4. The Hall–Kier alpha value is -0.520. The number of hydrogen-bond donors (Lipinski definition) is 0. The van der Waals surface area contributed by atoms with Gasteiger partial charge in [0.25, 0.3) is 0 Å². The van der Waals surface area contributed by atoms with E-state index in [0.717, 1.165) is 0 Å². The minimum atomic E-state index is 1.25. The molecule has 0 unspecified atom stereocenters. The largest absolute Gasteiger partial charge is 0.0991 e. The Balaban J connectivity index is 3.19. The lowest BCUT2D eigenvalue weighted by Crippen LogP contribution is -1.80. The molecule has 70 valence electrons. The first-order chi connectivity index (χ1) is 5.81. The molecule has 0 radical (unpaired) electrons. The van der Waals surface area contributed by atoms with Crippen molar-refractivity contribution >= 4 is 0 Å². The summed E-state index contributed by atoms with van der Waals surface area (Å²) in [5.41, 5.74) is 1.46. The van der Waals surface area contributed by atoms with Gasteiger partial charge in [-0.25, -0.2) is 0 Å². The van der Waals surface area contributed by atoms with Gasteiger partial charge in [0.1, 0.15) is 0 Å². The maximum Gasteiger partial charge on any atom is -0.0320 e. The lowest BCUT2D eigenvalue weighted by Gasteiger charge is -1.99. The van der Waals surface area contributed by atoms with Crippen LogP contribution in [0.4, 0.5) is 0 Å². The molecule has 0 aliphatic carbocycles. The summed E-state index contributed by atoms with van der Waals surface area (Å²) in [7, 11) is 0. The van der Waals surface area contributed by atoms with Crippen LogP contribution in [0.25, 0.3) is 0 Å². The topological polar surface area (TPSA) is 0 Å². The van der Waals surface area contributed by atoms with E-state index in [1.165, 1.54) is 44.1 Å². The van der Waals surface area contributed by atoms with Gasteiger partial charge in [-0.1, -0.05) is 56.9 Å². The first kappa shape index (κ1) is 11.5. The van der Waals surface area contributed by atoms with E-state index in [9.17, 15) is 0 Å². The van der Waals surface area contributed by atoms with Gasteiger partial charge in [0.15, 0.2) is 0 Å². The molecule has 0 aromatic carbocycles. The molecule has 0 aromatic heterocycles. The van der Waals surface area contributed by atoms with Crippen molar-refractivity contribution in [1.82, 2.24) is 0 Å². The zero-order valence-electron chi connectivity index (χ0n) is 8.60. The highest BCUT2D eigenvalue weighted by atomic mass is 14.0. The maximum atomic E-state index is 3.68. The normalized spacial score (nSPS) is 11.7. The summed E-state index contributed by atoms with van der Waals surface area (Å²) < 4.78 is 0. The van der Waals surface area contributed by atoms with Crippen molar-refractivity contribution in [3.63, 3.8) is 0 Å². The monoisotopic (exact) mass is 166 g/mol. The molecular formula is C12H22. The number of rotatable bonds is 7. The second kappa shape index (κ2) is 8.58. The summed E-state index contributed by atoms with van der Waals surface area (Å²) in [4.78, 5) is 0. The van der Waals surface area contributed by atoms with Crippen LogP contribution >= 0.6 is 0 Å². The maximum absolute atomic E-state index is 3.68. The van der Waals surface area contributed by atoms with Gasteiger partial charge in [-0.2, -0.15) is 0 Å². The fourth-order valence-corrected chi connectivity index (χ4v) is 1.29. The van der Waals surface area contributed by atoms with Crippen LogP contribution < -0.4 is 0 Å². The van der Waals surface area contributed by atoms with Crippen LogP contribution in [0, 0.1) is 0 Å². The van der Waals surface area contributed by atoms with Crippen molar-refractivity contribution in [2.45, 2.75) is 52.4 Å². The van der Waals surface area contributed by atoms with E-state index in [4.69, 9.17) is 0 Å². The van der Waals surface area contributed by atoms with Crippen molar-refractivity contribution in [1.29, 1.82) is 0 Å². The minimum Gasteiger partial charge on any atom is -0.0991 e. The second-order valence-corrected chi connectivity index (χ2v) is 3.41. The molecule has 0 aliphatic heterocycles. The molecule has 0 heterocycles. The van der Waals surface area contributed by atoms with Crippen molar-refractivity contribution in [2.75, 3.05) is 0 Å². The summed E-state index contributed by atoms with van der Waals surface area (Å²) in [5.74, 6) is 0. The van der Waals surface area contributed by atoms with Gasteiger partial charge in [0.05, 0.1) is 0 Å². The first-order valence-corrected chi connectivity index (χ1v) is 5.09. The number of hydrogen-bond acceptors (Lipinski definition) is 0. The van der Waals surface area contributed by atoms with E-state index in [2.05, 4.69) is 26.5 Å². The SMILES string of the molecule is C=CC=C(C)CCCCCCC. The summed E-state index contributed by atoms with van der Waals surface area (Å²) in [6.45, 7) is 8.12. The Morgan fingerprint density at radius 2 is 1.83 bits per heavy atom. The Kier molecular flexibility index (Phi) is 8.20. The van der Waals surface area contributed by atoms with Crippen LogP contribution in [0.5, 0.6) is 0 Å². The highest BCUT2D eigenvalue weighted by molar-refractivity contribution is 5.07. The molecular weight excluding hydrogens is 144 g/mol. The van der Waals surface area contributed by atoms with Crippen LogP contribution in [-0.2, 0) is 0 Å². The van der Waals surface area contributed by atoms with Gasteiger partial charge >= 0.3 is 0 Å². The molecule has 0 aliphatic rings. The van der Waals surface area contributed by atoms with Gasteiger partial charge in [-0.3, -0.25) is 0 Å². The van der Waals surface area contributed by atoms with Crippen LogP contribution in [0.15, 0.2) is 24.3 Å². The molecule has 0 heteroatoms. The molecule has 0 saturated heterocycles. The molecule has 12 heavy (non-hydrogen) atoms. The van der Waals surface area contributed by atoms with Gasteiger partial charge in [-0.15, -0.1) is 0 Å². The van der Waals surface area contributed by atoms with Crippen LogP contribution in [0.3, 0.4) is 0 Å². The minimum absolute atomic E-state index is 1.25. The lowest BCUT2D eigenvalue weighted by atomic mass is 10.1. The molecule has 0 amide bonds. The molecule has 0 N–H and O–H groups in total. The van der Waals surface area contributed by atoms with Crippen molar-refractivity contribution in [3.05, 3.63) is 24.3 Å². The summed E-state index contributed by atoms with van der Waals surface area (Å²) in [6, 6.07) is 0. The van der Waals surface area contributed by atoms with Gasteiger partial charge in [0.2, 0.25) is 0 Å². The predicted octanol–water partition coefficient (Wildman–Crippen LogP) is 4.48. The Labute approximate surface area is 77.4 Å². The molecule has 0 atom stereocenters. The first-order valence-electron chi connectivity index (χ1n) is 5.09. The highest BCUT2D eigenvalue weighted by Gasteiger charge is 1.90. The molecule has 0 bridgehead atoms. The van der Waals surface area contributed by atoms with E-state index in [1.54, 1.807) is 0 Å². The van der Waals surface area contributed by atoms with E-state index >= 15 is 0 Å². The van der Waals surface area contributed by atoms with Crippen LogP contribution in [-0.4, -0.2) is 0 Å². The van der Waals surface area contributed by atoms with Crippen LogP contribution in [0.2, 0.25) is 0 Å². The van der Waals surface area contributed by atoms with E-state index < -0.39 is 0 Å². The molecule has 0 rings (SSSR count). The predicted molar refractivity (Wildman–Crippen MR) is 57.3 cm³/mol. The fourth-order valence-electron chi connectivity index (χ4n) is 1.29. The molecule has 0 saturated carbocycles. The lowest BCUT2D eigenvalue weighted by molar-refractivity contribution is 0.630.